The van der Waals surface area contributed by atoms with Gasteiger partial charge in [0.2, 0.25) is 0 Å². The van der Waals surface area contributed by atoms with Gasteiger partial charge in [0.1, 0.15) is 12.2 Å². The molecule has 0 radical (unpaired) electrons. The smallest absolute Gasteiger partial charge is 0.311 e. The zero-order valence-corrected chi connectivity index (χ0v) is 13.4. The van der Waals surface area contributed by atoms with Gasteiger partial charge >= 0.3 is 5.97 Å². The van der Waals surface area contributed by atoms with Crippen molar-refractivity contribution in [1.82, 2.24) is 5.32 Å². The van der Waals surface area contributed by atoms with E-state index < -0.39 is 17.5 Å². The Morgan fingerprint density at radius 3 is 2.36 bits per heavy atom. The Hall–Kier alpha value is -1.82. The van der Waals surface area contributed by atoms with E-state index in [-0.39, 0.29) is 24.3 Å². The van der Waals surface area contributed by atoms with Crippen LogP contribution in [0.2, 0.25) is 0 Å². The summed E-state index contributed by atoms with van der Waals surface area (Å²) in [5.74, 6) is -1.33. The molecule has 22 heavy (non-hydrogen) atoms. The summed E-state index contributed by atoms with van der Waals surface area (Å²) in [6.45, 7) is 5.79. The molecule has 1 aromatic heterocycles. The van der Waals surface area contributed by atoms with Gasteiger partial charge in [0.05, 0.1) is 17.4 Å². The molecule has 3 N–H and O–H groups in total. The van der Waals surface area contributed by atoms with Crippen molar-refractivity contribution in [3.63, 3.8) is 0 Å². The monoisotopic (exact) mass is 311 g/mol. The molecule has 0 saturated carbocycles. The zero-order valence-electron chi connectivity index (χ0n) is 13.4. The van der Waals surface area contributed by atoms with E-state index in [4.69, 9.17) is 9.52 Å². The first-order chi connectivity index (χ1) is 10.3. The molecule has 0 unspecified atom stereocenters. The maximum absolute atomic E-state index is 12.3. The average molecular weight is 311 g/mol. The van der Waals surface area contributed by atoms with Crippen LogP contribution >= 0.6 is 0 Å². The van der Waals surface area contributed by atoms with Crippen molar-refractivity contribution in [3.05, 3.63) is 23.2 Å². The molecule has 0 aliphatic heterocycles. The predicted octanol–water partition coefficient (Wildman–Crippen LogP) is 2.28. The van der Waals surface area contributed by atoms with E-state index in [2.05, 4.69) is 5.32 Å². The fourth-order valence-electron chi connectivity index (χ4n) is 2.64. The molecule has 1 aromatic rings. The molecule has 124 valence electrons. The zero-order chi connectivity index (χ0) is 16.8. The predicted molar refractivity (Wildman–Crippen MR) is 81.9 cm³/mol. The van der Waals surface area contributed by atoms with Gasteiger partial charge in [-0.15, -0.1) is 0 Å². The molecule has 0 aliphatic rings. The number of aliphatic carboxylic acids is 1. The van der Waals surface area contributed by atoms with E-state index in [0.717, 1.165) is 12.8 Å². The van der Waals surface area contributed by atoms with E-state index in [1.54, 1.807) is 6.92 Å². The minimum Gasteiger partial charge on any atom is -0.481 e. The lowest BCUT2D eigenvalue weighted by Crippen LogP contribution is -2.43. The van der Waals surface area contributed by atoms with Gasteiger partial charge in [-0.25, -0.2) is 0 Å². The van der Waals surface area contributed by atoms with Crippen molar-refractivity contribution in [2.24, 2.45) is 0 Å². The van der Waals surface area contributed by atoms with Crippen LogP contribution in [0.4, 0.5) is 0 Å². The summed E-state index contributed by atoms with van der Waals surface area (Å²) in [4.78, 5) is 23.1. The number of hydrogen-bond acceptors (Lipinski definition) is 4. The van der Waals surface area contributed by atoms with Crippen LogP contribution in [0.25, 0.3) is 0 Å². The number of furan rings is 1. The maximum Gasteiger partial charge on any atom is 0.311 e. The topological polar surface area (TPSA) is 99.8 Å². The summed E-state index contributed by atoms with van der Waals surface area (Å²) in [7, 11) is 0. The van der Waals surface area contributed by atoms with Crippen LogP contribution in [0, 0.1) is 6.92 Å². The molecule has 1 rings (SSSR count). The van der Waals surface area contributed by atoms with Crippen molar-refractivity contribution in [1.29, 1.82) is 0 Å². The second kappa shape index (κ2) is 7.98. The number of amides is 1. The lowest BCUT2D eigenvalue weighted by molar-refractivity contribution is -0.136. The summed E-state index contributed by atoms with van der Waals surface area (Å²) in [6.07, 6.45) is 3.88. The van der Waals surface area contributed by atoms with E-state index in [0.29, 0.717) is 18.4 Å². The van der Waals surface area contributed by atoms with Crippen LogP contribution in [0.5, 0.6) is 0 Å². The summed E-state index contributed by atoms with van der Waals surface area (Å²) in [5.41, 5.74) is -0.0925. The summed E-state index contributed by atoms with van der Waals surface area (Å²) in [6, 6.07) is 0. The molecule has 0 aliphatic carbocycles. The number of carboxylic acid groups (broad SMARTS) is 1. The highest BCUT2D eigenvalue weighted by Gasteiger charge is 2.27. The van der Waals surface area contributed by atoms with E-state index in [1.165, 1.54) is 6.26 Å². The average Bonchev–Trinajstić information content (AvgIpc) is 2.77. The number of aryl methyl sites for hydroxylation is 1. The SMILES string of the molecule is CCCC(O)(CCC)CNC(=O)c1c(C)coc1CC(=O)O. The lowest BCUT2D eigenvalue weighted by atomic mass is 9.92. The Balaban J connectivity index is 2.80. The highest BCUT2D eigenvalue weighted by atomic mass is 16.4. The van der Waals surface area contributed by atoms with Gasteiger partial charge < -0.3 is 19.9 Å². The number of carboxylic acids is 1. The van der Waals surface area contributed by atoms with Gasteiger partial charge in [0.15, 0.2) is 0 Å². The van der Waals surface area contributed by atoms with Gasteiger partial charge in [-0.05, 0) is 19.8 Å². The number of rotatable bonds is 9. The number of hydrogen-bond donors (Lipinski definition) is 3. The Morgan fingerprint density at radius 2 is 1.86 bits per heavy atom. The highest BCUT2D eigenvalue weighted by Crippen LogP contribution is 2.20. The van der Waals surface area contributed by atoms with Crippen LogP contribution < -0.4 is 5.32 Å². The van der Waals surface area contributed by atoms with Gasteiger partial charge in [0, 0.05) is 12.1 Å². The quantitative estimate of drug-likeness (QED) is 0.649. The Kier molecular flexibility index (Phi) is 6.61. The van der Waals surface area contributed by atoms with Gasteiger partial charge in [-0.2, -0.15) is 0 Å². The van der Waals surface area contributed by atoms with Gasteiger partial charge in [-0.1, -0.05) is 26.7 Å². The molecule has 1 amide bonds. The third kappa shape index (κ3) is 4.87. The molecular formula is C16H25NO5. The molecule has 0 bridgehead atoms. The Morgan fingerprint density at radius 1 is 1.27 bits per heavy atom. The normalized spacial score (nSPS) is 11.5. The van der Waals surface area contributed by atoms with E-state index >= 15 is 0 Å². The molecule has 6 heteroatoms. The number of carbonyl (C=O) groups excluding carboxylic acids is 1. The van der Waals surface area contributed by atoms with Crippen LogP contribution in [0.3, 0.4) is 0 Å². The largest absolute Gasteiger partial charge is 0.481 e. The standard InChI is InChI=1S/C16H25NO5/c1-4-6-16(21,7-5-2)10-17-15(20)14-11(3)9-22-12(14)8-13(18)19/h9,21H,4-8,10H2,1-3H3,(H,17,20)(H,18,19). The van der Waals surface area contributed by atoms with Crippen LogP contribution in [-0.2, 0) is 11.2 Å². The van der Waals surface area contributed by atoms with Crippen molar-refractivity contribution >= 4 is 11.9 Å². The fourth-order valence-corrected chi connectivity index (χ4v) is 2.64. The first-order valence-electron chi connectivity index (χ1n) is 7.62. The molecule has 6 nitrogen and oxygen atoms in total. The van der Waals surface area contributed by atoms with Crippen molar-refractivity contribution in [2.75, 3.05) is 6.54 Å². The minimum absolute atomic E-state index is 0.136. The number of nitrogens with one attached hydrogen (secondary N) is 1. The molecule has 0 saturated heterocycles. The molecule has 0 spiro atoms. The molecule has 0 atom stereocenters. The van der Waals surface area contributed by atoms with Crippen LogP contribution in [0.15, 0.2) is 10.7 Å². The van der Waals surface area contributed by atoms with Crippen molar-refractivity contribution in [3.8, 4) is 0 Å². The third-order valence-corrected chi connectivity index (χ3v) is 3.60. The number of aliphatic hydroxyl groups is 1. The van der Waals surface area contributed by atoms with E-state index in [9.17, 15) is 14.7 Å². The van der Waals surface area contributed by atoms with Crippen molar-refractivity contribution < 1.29 is 24.2 Å². The van der Waals surface area contributed by atoms with E-state index in [1.807, 2.05) is 13.8 Å². The molecule has 1 heterocycles. The first-order valence-corrected chi connectivity index (χ1v) is 7.62. The third-order valence-electron chi connectivity index (χ3n) is 3.60. The molecule has 0 fully saturated rings. The summed E-state index contributed by atoms with van der Waals surface area (Å²) < 4.78 is 5.15. The lowest BCUT2D eigenvalue weighted by Gasteiger charge is -2.27. The second-order valence-electron chi connectivity index (χ2n) is 5.69. The Bertz CT molecular complexity index is 515. The summed E-state index contributed by atoms with van der Waals surface area (Å²) >= 11 is 0. The molecular weight excluding hydrogens is 286 g/mol. The second-order valence-corrected chi connectivity index (χ2v) is 5.69. The van der Waals surface area contributed by atoms with Gasteiger partial charge in [0.25, 0.3) is 5.91 Å². The minimum atomic E-state index is -1.06. The molecule has 0 aromatic carbocycles. The highest BCUT2D eigenvalue weighted by molar-refractivity contribution is 5.97. The van der Waals surface area contributed by atoms with Crippen LogP contribution in [0.1, 0.15) is 61.2 Å². The first kappa shape index (κ1) is 18.2. The maximum atomic E-state index is 12.3. The van der Waals surface area contributed by atoms with Crippen molar-refractivity contribution in [2.45, 2.75) is 58.5 Å². The Labute approximate surface area is 130 Å². The van der Waals surface area contributed by atoms with Crippen LogP contribution in [-0.4, -0.2) is 34.2 Å². The summed E-state index contributed by atoms with van der Waals surface area (Å²) in [5, 5.41) is 22.1. The fraction of sp³-hybridized carbons (Fsp3) is 0.625. The number of carbonyl (C=O) groups is 2. The van der Waals surface area contributed by atoms with Gasteiger partial charge in [-0.3, -0.25) is 9.59 Å².